The first-order chi connectivity index (χ1) is 15.7. The van der Waals surface area contributed by atoms with Crippen LogP contribution in [0.3, 0.4) is 0 Å². The predicted octanol–water partition coefficient (Wildman–Crippen LogP) is 8.73. The summed E-state index contributed by atoms with van der Waals surface area (Å²) in [6.07, 6.45) is 0.766. The van der Waals surface area contributed by atoms with Crippen molar-refractivity contribution in [3.8, 4) is 11.1 Å². The second kappa shape index (κ2) is 9.66. The normalized spacial score (nSPS) is 19.0. The predicted molar refractivity (Wildman–Crippen MR) is 121 cm³/mol. The first-order valence-corrected chi connectivity index (χ1v) is 11.4. The van der Waals surface area contributed by atoms with Gasteiger partial charge in [0.05, 0.1) is 0 Å². The molecule has 3 aromatic rings. The van der Waals surface area contributed by atoms with Crippen molar-refractivity contribution in [1.29, 1.82) is 0 Å². The molecule has 33 heavy (non-hydrogen) atoms. The van der Waals surface area contributed by atoms with Crippen LogP contribution in [0.4, 0.5) is 22.0 Å². The van der Waals surface area contributed by atoms with Gasteiger partial charge in [0, 0.05) is 0 Å². The lowest BCUT2D eigenvalue weighted by Gasteiger charge is -2.26. The molecule has 1 fully saturated rings. The maximum Gasteiger partial charge on any atom is 0.422 e. The van der Waals surface area contributed by atoms with Crippen molar-refractivity contribution in [2.75, 3.05) is 0 Å². The molecule has 5 heteroatoms. The highest BCUT2D eigenvalue weighted by atomic mass is 19.4. The molecular weight excluding hydrogens is 431 g/mol. The summed E-state index contributed by atoms with van der Waals surface area (Å²) in [5, 5.41) is 0. The van der Waals surface area contributed by atoms with Crippen LogP contribution in [-0.2, 0) is 19.0 Å². The Morgan fingerprint density at radius 1 is 0.697 bits per heavy atom. The number of hydrogen-bond donors (Lipinski definition) is 0. The zero-order valence-corrected chi connectivity index (χ0v) is 18.6. The molecule has 1 aliphatic carbocycles. The van der Waals surface area contributed by atoms with Crippen LogP contribution in [0.5, 0.6) is 0 Å². The van der Waals surface area contributed by atoms with E-state index in [1.165, 1.54) is 31.2 Å². The fourth-order valence-electron chi connectivity index (χ4n) is 4.73. The van der Waals surface area contributed by atoms with Crippen molar-refractivity contribution in [2.45, 2.75) is 57.5 Å². The van der Waals surface area contributed by atoms with Crippen LogP contribution in [0.2, 0.25) is 0 Å². The molecule has 0 bridgehead atoms. The number of alkyl halides is 3. The molecule has 0 aliphatic heterocycles. The number of hydrogen-bond acceptors (Lipinski definition) is 0. The Morgan fingerprint density at radius 2 is 1.18 bits per heavy atom. The molecule has 0 spiro atoms. The average molecular weight is 459 g/mol. The monoisotopic (exact) mass is 458 g/mol. The molecular formula is C28H27F5. The Labute approximate surface area is 191 Å². The van der Waals surface area contributed by atoms with E-state index < -0.39 is 23.4 Å². The third-order valence-electron chi connectivity index (χ3n) is 6.77. The second-order valence-electron chi connectivity index (χ2n) is 9.21. The first-order valence-electron chi connectivity index (χ1n) is 11.4. The largest absolute Gasteiger partial charge is 0.422 e. The molecule has 1 aliphatic rings. The second-order valence-corrected chi connectivity index (χ2v) is 9.21. The quantitative estimate of drug-likeness (QED) is 0.335. The summed E-state index contributed by atoms with van der Waals surface area (Å²) in [7, 11) is 0. The van der Waals surface area contributed by atoms with Gasteiger partial charge in [-0.05, 0) is 77.5 Å². The highest BCUT2D eigenvalue weighted by molar-refractivity contribution is 5.64. The molecule has 0 saturated heterocycles. The number of benzene rings is 3. The maximum atomic E-state index is 13.8. The van der Waals surface area contributed by atoms with Gasteiger partial charge in [-0.25, -0.2) is 8.78 Å². The van der Waals surface area contributed by atoms with Gasteiger partial charge in [-0.2, -0.15) is 13.2 Å². The van der Waals surface area contributed by atoms with Gasteiger partial charge in [0.25, 0.3) is 0 Å². The van der Waals surface area contributed by atoms with E-state index in [0.29, 0.717) is 12.3 Å². The molecule has 3 aromatic carbocycles. The Kier molecular flexibility index (Phi) is 6.87. The number of halogens is 5. The lowest BCUT2D eigenvalue weighted by atomic mass is 9.79. The molecule has 0 amide bonds. The molecule has 0 aromatic heterocycles. The van der Waals surface area contributed by atoms with Crippen LogP contribution in [0.25, 0.3) is 11.1 Å². The van der Waals surface area contributed by atoms with Crippen molar-refractivity contribution in [3.63, 3.8) is 0 Å². The highest BCUT2D eigenvalue weighted by Gasteiger charge is 2.37. The van der Waals surface area contributed by atoms with Crippen LogP contribution < -0.4 is 0 Å². The van der Waals surface area contributed by atoms with E-state index in [1.54, 1.807) is 0 Å². The summed E-state index contributed by atoms with van der Waals surface area (Å²) < 4.78 is 65.7. The van der Waals surface area contributed by atoms with E-state index in [2.05, 4.69) is 31.2 Å². The Hall–Kier alpha value is -2.69. The van der Waals surface area contributed by atoms with E-state index in [1.807, 2.05) is 24.3 Å². The minimum atomic E-state index is -5.05. The zero-order chi connectivity index (χ0) is 23.6. The molecule has 0 atom stereocenters. The van der Waals surface area contributed by atoms with E-state index in [-0.39, 0.29) is 12.0 Å². The molecule has 4 rings (SSSR count). The van der Waals surface area contributed by atoms with E-state index in [4.69, 9.17) is 0 Å². The van der Waals surface area contributed by atoms with Crippen LogP contribution in [0, 0.1) is 17.6 Å². The van der Waals surface area contributed by atoms with Crippen molar-refractivity contribution in [1.82, 2.24) is 0 Å². The molecule has 0 N–H and O–H groups in total. The molecule has 0 radical (unpaired) electrons. The fourth-order valence-corrected chi connectivity index (χ4v) is 4.73. The van der Waals surface area contributed by atoms with Gasteiger partial charge in [0.2, 0.25) is 0 Å². The van der Waals surface area contributed by atoms with E-state index >= 15 is 0 Å². The lowest BCUT2D eigenvalue weighted by Crippen LogP contribution is -2.12. The van der Waals surface area contributed by atoms with Gasteiger partial charge in [0.1, 0.15) is 17.2 Å². The minimum absolute atomic E-state index is 0.203. The number of rotatable bonds is 5. The van der Waals surface area contributed by atoms with Gasteiger partial charge in [-0.15, -0.1) is 0 Å². The standard InChI is InChI=1S/C28H27F5/c1-18-2-8-21(9-3-18)23-12-14-24(15-13-23)22-10-6-19(7-11-22)4-5-20-16-25(29)27(26(30)17-20)28(31,32)33/h6-7,10-18,21H,2-5,8-9H2,1H3. The van der Waals surface area contributed by atoms with Gasteiger partial charge in [-0.1, -0.05) is 68.3 Å². The lowest BCUT2D eigenvalue weighted by molar-refractivity contribution is -0.142. The molecule has 0 heterocycles. The van der Waals surface area contributed by atoms with Crippen LogP contribution in [0.1, 0.15) is 60.8 Å². The van der Waals surface area contributed by atoms with Crippen molar-refractivity contribution in [2.24, 2.45) is 5.92 Å². The highest BCUT2D eigenvalue weighted by Crippen LogP contribution is 2.36. The summed E-state index contributed by atoms with van der Waals surface area (Å²) >= 11 is 0. The smallest absolute Gasteiger partial charge is 0.206 e. The van der Waals surface area contributed by atoms with Gasteiger partial charge in [-0.3, -0.25) is 0 Å². The molecule has 1 saturated carbocycles. The van der Waals surface area contributed by atoms with Crippen LogP contribution in [0.15, 0.2) is 60.7 Å². The SMILES string of the molecule is CC1CCC(c2ccc(-c3ccc(CCc4cc(F)c(C(F)(F)F)c(F)c4)cc3)cc2)CC1. The van der Waals surface area contributed by atoms with Crippen molar-refractivity contribution >= 4 is 0 Å². The van der Waals surface area contributed by atoms with E-state index in [0.717, 1.165) is 34.7 Å². The molecule has 0 unspecified atom stereocenters. The topological polar surface area (TPSA) is 0 Å². The summed E-state index contributed by atoms with van der Waals surface area (Å²) in [5.74, 6) is -1.66. The zero-order valence-electron chi connectivity index (χ0n) is 18.6. The third kappa shape index (κ3) is 5.63. The molecule has 174 valence electrons. The van der Waals surface area contributed by atoms with Gasteiger partial charge >= 0.3 is 6.18 Å². The average Bonchev–Trinajstić information content (AvgIpc) is 2.77. The minimum Gasteiger partial charge on any atom is -0.206 e. The summed E-state index contributed by atoms with van der Waals surface area (Å²) in [6.45, 7) is 2.32. The van der Waals surface area contributed by atoms with Gasteiger partial charge in [0.15, 0.2) is 0 Å². The summed E-state index contributed by atoms with van der Waals surface area (Å²) in [4.78, 5) is 0. The van der Waals surface area contributed by atoms with Crippen LogP contribution >= 0.6 is 0 Å². The maximum absolute atomic E-state index is 13.8. The Balaban J connectivity index is 1.39. The number of aryl methyl sites for hydroxylation is 2. The van der Waals surface area contributed by atoms with Gasteiger partial charge < -0.3 is 0 Å². The van der Waals surface area contributed by atoms with Crippen molar-refractivity contribution < 1.29 is 22.0 Å². The van der Waals surface area contributed by atoms with Crippen molar-refractivity contribution in [3.05, 3.63) is 94.6 Å². The third-order valence-corrected chi connectivity index (χ3v) is 6.77. The summed E-state index contributed by atoms with van der Waals surface area (Å²) in [6, 6.07) is 18.2. The first kappa shape index (κ1) is 23.5. The summed E-state index contributed by atoms with van der Waals surface area (Å²) in [5.41, 5.74) is 2.93. The molecule has 0 nitrogen and oxygen atoms in total. The van der Waals surface area contributed by atoms with Crippen LogP contribution in [-0.4, -0.2) is 0 Å². The fraction of sp³-hybridized carbons (Fsp3) is 0.357. The Bertz CT molecular complexity index is 1050. The van der Waals surface area contributed by atoms with E-state index in [9.17, 15) is 22.0 Å². The Morgan fingerprint density at radius 3 is 1.70 bits per heavy atom.